The number of nitrogens with zero attached hydrogens (tertiary/aromatic N) is 2. The molecule has 0 aliphatic carbocycles. The maximum absolute atomic E-state index is 12.3. The number of thiophene rings is 1. The Morgan fingerprint density at radius 1 is 1.43 bits per heavy atom. The molecule has 1 atom stereocenters. The van der Waals surface area contributed by atoms with Gasteiger partial charge >= 0.3 is 0 Å². The standard InChI is InChI=1S/C16H17N3O2S2/c1-9-10(2)22-15-13(9)16(19-8-18-15)23-11(3)14(20)17-7-12-5-4-6-21-12/h4-6,8,11H,7H2,1-3H3,(H,17,20)/t11-/m0/s1. The molecule has 7 heteroatoms. The number of amides is 1. The van der Waals surface area contributed by atoms with Crippen LogP contribution >= 0.6 is 23.1 Å². The van der Waals surface area contributed by atoms with E-state index in [1.165, 1.54) is 22.2 Å². The lowest BCUT2D eigenvalue weighted by molar-refractivity contribution is -0.120. The summed E-state index contributed by atoms with van der Waals surface area (Å²) < 4.78 is 5.22. The molecule has 0 aromatic carbocycles. The minimum absolute atomic E-state index is 0.0391. The number of rotatable bonds is 5. The van der Waals surface area contributed by atoms with Crippen molar-refractivity contribution in [3.05, 3.63) is 40.9 Å². The van der Waals surface area contributed by atoms with Gasteiger partial charge in [0.1, 0.15) is 21.9 Å². The first-order valence-corrected chi connectivity index (χ1v) is 8.93. The van der Waals surface area contributed by atoms with E-state index in [9.17, 15) is 4.79 Å². The van der Waals surface area contributed by atoms with Gasteiger partial charge in [-0.15, -0.1) is 11.3 Å². The van der Waals surface area contributed by atoms with E-state index in [2.05, 4.69) is 29.1 Å². The van der Waals surface area contributed by atoms with Crippen LogP contribution in [-0.2, 0) is 11.3 Å². The number of hydrogen-bond donors (Lipinski definition) is 1. The molecule has 0 aliphatic heterocycles. The van der Waals surface area contributed by atoms with Crippen molar-refractivity contribution >= 4 is 39.2 Å². The number of hydrogen-bond acceptors (Lipinski definition) is 6. The number of thioether (sulfide) groups is 1. The van der Waals surface area contributed by atoms with Gasteiger partial charge in [0.2, 0.25) is 5.91 Å². The lowest BCUT2D eigenvalue weighted by Crippen LogP contribution is -2.30. The van der Waals surface area contributed by atoms with Crippen molar-refractivity contribution in [1.29, 1.82) is 0 Å². The summed E-state index contributed by atoms with van der Waals surface area (Å²) in [6.07, 6.45) is 3.16. The van der Waals surface area contributed by atoms with Gasteiger partial charge in [-0.2, -0.15) is 0 Å². The molecule has 0 saturated heterocycles. The molecule has 23 heavy (non-hydrogen) atoms. The maximum atomic E-state index is 12.3. The molecule has 0 aliphatic rings. The molecular formula is C16H17N3O2S2. The molecule has 120 valence electrons. The summed E-state index contributed by atoms with van der Waals surface area (Å²) in [4.78, 5) is 23.2. The van der Waals surface area contributed by atoms with Gasteiger partial charge < -0.3 is 9.73 Å². The van der Waals surface area contributed by atoms with E-state index in [1.54, 1.807) is 30.0 Å². The predicted molar refractivity (Wildman–Crippen MR) is 92.8 cm³/mol. The Balaban J connectivity index is 1.72. The third kappa shape index (κ3) is 3.40. The number of carbonyl (C=O) groups excluding carboxylic acids is 1. The largest absolute Gasteiger partial charge is 0.467 e. The first kappa shape index (κ1) is 16.0. The molecule has 1 N–H and O–H groups in total. The van der Waals surface area contributed by atoms with Crippen molar-refractivity contribution < 1.29 is 9.21 Å². The molecule has 0 fully saturated rings. The van der Waals surface area contributed by atoms with Gasteiger partial charge in [0, 0.05) is 10.3 Å². The molecule has 3 heterocycles. The topological polar surface area (TPSA) is 68.0 Å². The zero-order chi connectivity index (χ0) is 16.4. The van der Waals surface area contributed by atoms with E-state index < -0.39 is 0 Å². The fraction of sp³-hybridized carbons (Fsp3) is 0.312. The van der Waals surface area contributed by atoms with Crippen molar-refractivity contribution in [2.45, 2.75) is 37.6 Å². The first-order chi connectivity index (χ1) is 11.1. The second-order valence-electron chi connectivity index (χ2n) is 5.20. The van der Waals surface area contributed by atoms with Crippen molar-refractivity contribution in [2.24, 2.45) is 0 Å². The number of nitrogens with one attached hydrogen (secondary N) is 1. The maximum Gasteiger partial charge on any atom is 0.233 e. The highest BCUT2D eigenvalue weighted by atomic mass is 32.2. The fourth-order valence-corrected chi connectivity index (χ4v) is 4.25. The van der Waals surface area contributed by atoms with Crippen LogP contribution in [0.4, 0.5) is 0 Å². The molecule has 0 radical (unpaired) electrons. The second-order valence-corrected chi connectivity index (χ2v) is 7.73. The molecule has 0 unspecified atom stereocenters. The molecule has 0 saturated carbocycles. The van der Waals surface area contributed by atoms with E-state index in [-0.39, 0.29) is 11.2 Å². The molecule has 0 bridgehead atoms. The Bertz CT molecular complexity index is 827. The lowest BCUT2D eigenvalue weighted by atomic mass is 10.2. The average Bonchev–Trinajstić information content (AvgIpc) is 3.14. The Kier molecular flexibility index (Phi) is 4.68. The van der Waals surface area contributed by atoms with E-state index in [0.717, 1.165) is 21.0 Å². The summed E-state index contributed by atoms with van der Waals surface area (Å²) in [5, 5.41) is 4.55. The van der Waals surface area contributed by atoms with E-state index in [1.807, 2.05) is 13.0 Å². The summed E-state index contributed by atoms with van der Waals surface area (Å²) in [6, 6.07) is 3.64. The van der Waals surface area contributed by atoms with Gasteiger partial charge in [0.05, 0.1) is 18.1 Å². The highest BCUT2D eigenvalue weighted by Crippen LogP contribution is 2.35. The summed E-state index contributed by atoms with van der Waals surface area (Å²) >= 11 is 3.12. The number of aromatic nitrogens is 2. The predicted octanol–water partition coefficient (Wildman–Crippen LogP) is 3.70. The van der Waals surface area contributed by atoms with Gasteiger partial charge in [0.25, 0.3) is 0 Å². The number of furan rings is 1. The summed E-state index contributed by atoms with van der Waals surface area (Å²) in [5.41, 5.74) is 1.19. The molecule has 3 aromatic heterocycles. The van der Waals surface area contributed by atoms with Crippen LogP contribution in [0.3, 0.4) is 0 Å². The van der Waals surface area contributed by atoms with Gasteiger partial charge in [-0.1, -0.05) is 11.8 Å². The fourth-order valence-electron chi connectivity index (χ4n) is 2.19. The molecule has 0 spiro atoms. The van der Waals surface area contributed by atoms with E-state index >= 15 is 0 Å². The van der Waals surface area contributed by atoms with Crippen LogP contribution in [-0.4, -0.2) is 21.1 Å². The molecular weight excluding hydrogens is 330 g/mol. The van der Waals surface area contributed by atoms with Crippen LogP contribution in [0, 0.1) is 13.8 Å². The molecule has 5 nitrogen and oxygen atoms in total. The Labute approximate surface area is 142 Å². The third-order valence-electron chi connectivity index (χ3n) is 3.61. The zero-order valence-electron chi connectivity index (χ0n) is 13.1. The monoisotopic (exact) mass is 347 g/mol. The third-order valence-corrected chi connectivity index (χ3v) is 5.82. The number of aryl methyl sites for hydroxylation is 2. The summed E-state index contributed by atoms with van der Waals surface area (Å²) in [6.45, 7) is 6.43. The quantitative estimate of drug-likeness (QED) is 0.563. The lowest BCUT2D eigenvalue weighted by Gasteiger charge is -2.11. The van der Waals surface area contributed by atoms with Crippen molar-refractivity contribution in [3.8, 4) is 0 Å². The Morgan fingerprint density at radius 2 is 2.26 bits per heavy atom. The Morgan fingerprint density at radius 3 is 3.00 bits per heavy atom. The molecule has 3 rings (SSSR count). The van der Waals surface area contributed by atoms with E-state index in [0.29, 0.717) is 6.54 Å². The van der Waals surface area contributed by atoms with Gasteiger partial charge in [0.15, 0.2) is 0 Å². The van der Waals surface area contributed by atoms with Crippen molar-refractivity contribution in [2.75, 3.05) is 0 Å². The normalized spacial score (nSPS) is 12.5. The minimum atomic E-state index is -0.248. The van der Waals surface area contributed by atoms with Crippen LogP contribution in [0.5, 0.6) is 0 Å². The van der Waals surface area contributed by atoms with Gasteiger partial charge in [-0.05, 0) is 38.5 Å². The second kappa shape index (κ2) is 6.72. The summed E-state index contributed by atoms with van der Waals surface area (Å²) in [5.74, 6) is 0.701. The zero-order valence-corrected chi connectivity index (χ0v) is 14.8. The van der Waals surface area contributed by atoms with Gasteiger partial charge in [-0.25, -0.2) is 9.97 Å². The SMILES string of the molecule is Cc1sc2ncnc(S[C@@H](C)C(=O)NCc3ccco3)c2c1C. The van der Waals surface area contributed by atoms with Crippen LogP contribution in [0.2, 0.25) is 0 Å². The van der Waals surface area contributed by atoms with E-state index in [4.69, 9.17) is 4.42 Å². The van der Waals surface area contributed by atoms with Crippen LogP contribution < -0.4 is 5.32 Å². The molecule has 3 aromatic rings. The highest BCUT2D eigenvalue weighted by molar-refractivity contribution is 8.00. The number of carbonyl (C=O) groups is 1. The number of fused-ring (bicyclic) bond motifs is 1. The van der Waals surface area contributed by atoms with Crippen LogP contribution in [0.25, 0.3) is 10.2 Å². The molecule has 1 amide bonds. The Hall–Kier alpha value is -1.86. The summed E-state index contributed by atoms with van der Waals surface area (Å²) in [7, 11) is 0. The van der Waals surface area contributed by atoms with Crippen LogP contribution in [0.1, 0.15) is 23.1 Å². The van der Waals surface area contributed by atoms with Gasteiger partial charge in [-0.3, -0.25) is 4.79 Å². The minimum Gasteiger partial charge on any atom is -0.467 e. The average molecular weight is 347 g/mol. The van der Waals surface area contributed by atoms with Crippen molar-refractivity contribution in [1.82, 2.24) is 15.3 Å². The first-order valence-electron chi connectivity index (χ1n) is 7.23. The van der Waals surface area contributed by atoms with Crippen LogP contribution in [0.15, 0.2) is 34.2 Å². The van der Waals surface area contributed by atoms with Crippen molar-refractivity contribution in [3.63, 3.8) is 0 Å². The highest BCUT2D eigenvalue weighted by Gasteiger charge is 2.19. The smallest absolute Gasteiger partial charge is 0.233 e.